The van der Waals surface area contributed by atoms with Crippen molar-refractivity contribution in [1.82, 2.24) is 4.98 Å². The van der Waals surface area contributed by atoms with Crippen LogP contribution in [0.15, 0.2) is 53.3 Å². The number of H-pyrrole nitrogens is 1. The van der Waals surface area contributed by atoms with Crippen molar-refractivity contribution in [3.63, 3.8) is 0 Å². The topological polar surface area (TPSA) is 32.9 Å². The minimum Gasteiger partial charge on any atom is -0.353 e. The van der Waals surface area contributed by atoms with Gasteiger partial charge in [-0.3, -0.25) is 4.79 Å². The number of aromatic nitrogens is 1. The lowest BCUT2D eigenvalue weighted by Gasteiger charge is -1.98. The van der Waals surface area contributed by atoms with Crippen molar-refractivity contribution in [1.29, 1.82) is 0 Å². The summed E-state index contributed by atoms with van der Waals surface area (Å²) in [5.41, 5.74) is 1.98. The van der Waals surface area contributed by atoms with Crippen LogP contribution in [0.1, 0.15) is 0 Å². The number of benzene rings is 2. The summed E-state index contributed by atoms with van der Waals surface area (Å²) >= 11 is 1.56. The molecular formula is C15H9NOS. The largest absolute Gasteiger partial charge is 0.353 e. The van der Waals surface area contributed by atoms with E-state index in [1.807, 2.05) is 36.4 Å². The molecule has 0 unspecified atom stereocenters. The second-order valence-electron chi connectivity index (χ2n) is 4.30. The Bertz CT molecular complexity index is 949. The Balaban J connectivity index is 2.38. The normalized spacial score (nSPS) is 11.6. The monoisotopic (exact) mass is 251 g/mol. The van der Waals surface area contributed by atoms with Crippen LogP contribution >= 0.6 is 11.3 Å². The zero-order chi connectivity index (χ0) is 12.1. The third-order valence-corrected chi connectivity index (χ3v) is 4.40. The van der Waals surface area contributed by atoms with Gasteiger partial charge >= 0.3 is 0 Å². The number of hydrogen-bond donors (Lipinski definition) is 1. The first-order valence-corrected chi connectivity index (χ1v) is 6.58. The highest BCUT2D eigenvalue weighted by molar-refractivity contribution is 7.25. The molecule has 0 fully saturated rings. The number of rotatable bonds is 0. The molecule has 4 rings (SSSR count). The maximum absolute atomic E-state index is 12.4. The summed E-state index contributed by atoms with van der Waals surface area (Å²) in [6.45, 7) is 0. The van der Waals surface area contributed by atoms with Crippen LogP contribution in [-0.2, 0) is 0 Å². The maximum atomic E-state index is 12.4. The van der Waals surface area contributed by atoms with Crippen molar-refractivity contribution in [2.24, 2.45) is 0 Å². The van der Waals surface area contributed by atoms with Gasteiger partial charge in [0.2, 0.25) is 5.43 Å². The van der Waals surface area contributed by atoms with Crippen LogP contribution < -0.4 is 5.43 Å². The third-order valence-electron chi connectivity index (χ3n) is 3.23. The molecule has 18 heavy (non-hydrogen) atoms. The van der Waals surface area contributed by atoms with E-state index in [0.717, 1.165) is 31.2 Å². The highest BCUT2D eigenvalue weighted by Crippen LogP contribution is 2.31. The Labute approximate surface area is 106 Å². The summed E-state index contributed by atoms with van der Waals surface area (Å²) in [4.78, 5) is 15.8. The lowest BCUT2D eigenvalue weighted by molar-refractivity contribution is 1.51. The molecule has 2 nitrogen and oxygen atoms in total. The van der Waals surface area contributed by atoms with Crippen LogP contribution in [0.25, 0.3) is 31.2 Å². The molecule has 0 aliphatic rings. The number of hydrogen-bond acceptors (Lipinski definition) is 2. The fraction of sp³-hybridized carbons (Fsp3) is 0. The van der Waals surface area contributed by atoms with E-state index < -0.39 is 0 Å². The number of aromatic amines is 1. The van der Waals surface area contributed by atoms with Gasteiger partial charge in [-0.2, -0.15) is 0 Å². The third kappa shape index (κ3) is 1.19. The van der Waals surface area contributed by atoms with E-state index in [-0.39, 0.29) is 5.43 Å². The average molecular weight is 251 g/mol. The molecule has 3 heteroatoms. The Morgan fingerprint density at radius 3 is 2.50 bits per heavy atom. The van der Waals surface area contributed by atoms with Crippen LogP contribution in [0.4, 0.5) is 0 Å². The van der Waals surface area contributed by atoms with E-state index in [2.05, 4.69) is 17.1 Å². The van der Waals surface area contributed by atoms with E-state index in [1.165, 1.54) is 0 Å². The highest BCUT2D eigenvalue weighted by atomic mass is 32.1. The van der Waals surface area contributed by atoms with Crippen LogP contribution in [-0.4, -0.2) is 4.98 Å². The molecule has 0 amide bonds. The van der Waals surface area contributed by atoms with Crippen molar-refractivity contribution in [3.8, 4) is 0 Å². The van der Waals surface area contributed by atoms with Gasteiger partial charge in [0.15, 0.2) is 0 Å². The minimum atomic E-state index is 0.126. The molecule has 2 aromatic carbocycles. The van der Waals surface area contributed by atoms with E-state index in [1.54, 1.807) is 11.3 Å². The summed E-state index contributed by atoms with van der Waals surface area (Å²) < 4.78 is 1.96. The Morgan fingerprint density at radius 1 is 0.889 bits per heavy atom. The molecule has 0 aliphatic heterocycles. The van der Waals surface area contributed by atoms with Gasteiger partial charge in [-0.25, -0.2) is 0 Å². The number of pyridine rings is 1. The summed E-state index contributed by atoms with van der Waals surface area (Å²) in [7, 11) is 0. The summed E-state index contributed by atoms with van der Waals surface area (Å²) in [6, 6.07) is 15.8. The SMILES string of the molecule is O=c1c2ccccc2[nH]c2c1sc1ccccc12. The van der Waals surface area contributed by atoms with Crippen molar-refractivity contribution in [2.75, 3.05) is 0 Å². The second kappa shape index (κ2) is 3.43. The lowest BCUT2D eigenvalue weighted by Crippen LogP contribution is -2.01. The standard InChI is InChI=1S/C15H9NOS/c17-14-9-5-1-3-7-11(9)16-13-10-6-2-4-8-12(10)18-15(13)14/h1-8H,(H,16,17). The van der Waals surface area contributed by atoms with Gasteiger partial charge in [-0.15, -0.1) is 11.3 Å². The summed E-state index contributed by atoms with van der Waals surface area (Å²) in [5.74, 6) is 0. The maximum Gasteiger partial charge on any atom is 0.207 e. The molecule has 0 spiro atoms. The van der Waals surface area contributed by atoms with Crippen LogP contribution in [0.2, 0.25) is 0 Å². The highest BCUT2D eigenvalue weighted by Gasteiger charge is 2.10. The lowest BCUT2D eigenvalue weighted by atomic mass is 10.1. The summed E-state index contributed by atoms with van der Waals surface area (Å²) in [6.07, 6.45) is 0. The predicted molar refractivity (Wildman–Crippen MR) is 77.5 cm³/mol. The van der Waals surface area contributed by atoms with E-state index >= 15 is 0 Å². The van der Waals surface area contributed by atoms with E-state index in [9.17, 15) is 4.79 Å². The molecule has 0 atom stereocenters. The first-order chi connectivity index (χ1) is 8.84. The van der Waals surface area contributed by atoms with Crippen molar-refractivity contribution < 1.29 is 0 Å². The molecule has 4 aromatic rings. The van der Waals surface area contributed by atoms with Crippen molar-refractivity contribution in [3.05, 3.63) is 58.8 Å². The first-order valence-electron chi connectivity index (χ1n) is 5.77. The van der Waals surface area contributed by atoms with Crippen molar-refractivity contribution in [2.45, 2.75) is 0 Å². The molecule has 2 heterocycles. The van der Waals surface area contributed by atoms with Gasteiger partial charge in [-0.1, -0.05) is 30.3 Å². The van der Waals surface area contributed by atoms with Crippen LogP contribution in [0, 0.1) is 0 Å². The van der Waals surface area contributed by atoms with Gasteiger partial charge in [0.05, 0.1) is 10.2 Å². The van der Waals surface area contributed by atoms with Crippen LogP contribution in [0.5, 0.6) is 0 Å². The Kier molecular flexibility index (Phi) is 1.88. The smallest absolute Gasteiger partial charge is 0.207 e. The van der Waals surface area contributed by atoms with Gasteiger partial charge < -0.3 is 4.98 Å². The quantitative estimate of drug-likeness (QED) is 0.505. The van der Waals surface area contributed by atoms with Gasteiger partial charge in [0, 0.05) is 21.0 Å². The van der Waals surface area contributed by atoms with Crippen molar-refractivity contribution >= 4 is 42.5 Å². The first kappa shape index (κ1) is 9.85. The molecule has 0 saturated heterocycles. The van der Waals surface area contributed by atoms with E-state index in [4.69, 9.17) is 0 Å². The molecule has 0 radical (unpaired) electrons. The molecule has 86 valence electrons. The summed E-state index contributed by atoms with van der Waals surface area (Å²) in [5, 5.41) is 1.89. The minimum absolute atomic E-state index is 0.126. The number of fused-ring (bicyclic) bond motifs is 4. The van der Waals surface area contributed by atoms with E-state index in [0.29, 0.717) is 0 Å². The zero-order valence-electron chi connectivity index (χ0n) is 9.44. The molecule has 0 bridgehead atoms. The average Bonchev–Trinajstić information content (AvgIpc) is 2.79. The fourth-order valence-corrected chi connectivity index (χ4v) is 3.49. The molecule has 1 N–H and O–H groups in total. The van der Waals surface area contributed by atoms with Crippen LogP contribution in [0.3, 0.4) is 0 Å². The number of para-hydroxylation sites is 1. The predicted octanol–water partition coefficient (Wildman–Crippen LogP) is 3.90. The number of nitrogens with one attached hydrogen (secondary N) is 1. The molecule has 0 aliphatic carbocycles. The Morgan fingerprint density at radius 2 is 1.61 bits per heavy atom. The molecule has 0 saturated carbocycles. The number of thiophene rings is 1. The second-order valence-corrected chi connectivity index (χ2v) is 5.35. The molecule has 2 aromatic heterocycles. The fourth-order valence-electron chi connectivity index (χ4n) is 2.38. The van der Waals surface area contributed by atoms with Gasteiger partial charge in [-0.05, 0) is 18.2 Å². The molecular weight excluding hydrogens is 242 g/mol. The van der Waals surface area contributed by atoms with Gasteiger partial charge in [0.1, 0.15) is 0 Å². The van der Waals surface area contributed by atoms with Gasteiger partial charge in [0.25, 0.3) is 0 Å². The zero-order valence-corrected chi connectivity index (χ0v) is 10.3. The Hall–Kier alpha value is -2.13.